The van der Waals surface area contributed by atoms with E-state index in [4.69, 9.17) is 9.94 Å². The normalized spacial score (nSPS) is 12.8. The Bertz CT molecular complexity index is 579. The van der Waals surface area contributed by atoms with Crippen LogP contribution in [0, 0.1) is 0 Å². The van der Waals surface area contributed by atoms with E-state index in [-0.39, 0.29) is 5.92 Å². The summed E-state index contributed by atoms with van der Waals surface area (Å²) in [4.78, 5) is 15.5. The maximum Gasteiger partial charge on any atom is 0.428 e. The van der Waals surface area contributed by atoms with Gasteiger partial charge in [-0.15, -0.1) is 0 Å². The summed E-state index contributed by atoms with van der Waals surface area (Å²) in [5.41, 5.74) is 6.70. The van der Waals surface area contributed by atoms with Gasteiger partial charge in [-0.1, -0.05) is 48.5 Å². The Labute approximate surface area is 110 Å². The standard InChI is InChI=1S/C15H13NO3/c17-15(18)16-19-9-14-12-7-3-1-5-10(12)11-6-2-4-8-13(11)14/h1-8,14,16H,9H2,(H,17,18). The van der Waals surface area contributed by atoms with Gasteiger partial charge >= 0.3 is 6.09 Å². The number of nitrogens with one attached hydrogen (secondary N) is 1. The van der Waals surface area contributed by atoms with Gasteiger partial charge in [-0.3, -0.25) is 4.84 Å². The highest BCUT2D eigenvalue weighted by atomic mass is 16.7. The Hall–Kier alpha value is -2.33. The van der Waals surface area contributed by atoms with Gasteiger partial charge in [-0.2, -0.15) is 5.48 Å². The van der Waals surface area contributed by atoms with Crippen molar-refractivity contribution in [3.8, 4) is 11.1 Å². The molecule has 4 nitrogen and oxygen atoms in total. The van der Waals surface area contributed by atoms with Crippen molar-refractivity contribution < 1.29 is 14.7 Å². The molecule has 0 atom stereocenters. The Morgan fingerprint density at radius 1 is 1.05 bits per heavy atom. The molecule has 0 saturated carbocycles. The van der Waals surface area contributed by atoms with Gasteiger partial charge in [0.05, 0.1) is 6.61 Å². The first kappa shape index (κ1) is 11.7. The van der Waals surface area contributed by atoms with Crippen molar-refractivity contribution in [2.45, 2.75) is 5.92 Å². The molecule has 0 heterocycles. The first-order valence-corrected chi connectivity index (χ1v) is 6.06. The van der Waals surface area contributed by atoms with Crippen molar-refractivity contribution in [3.63, 3.8) is 0 Å². The molecule has 2 aromatic carbocycles. The van der Waals surface area contributed by atoms with E-state index >= 15 is 0 Å². The van der Waals surface area contributed by atoms with Gasteiger partial charge in [-0.25, -0.2) is 4.79 Å². The SMILES string of the molecule is O=C(O)NOCC1c2ccccc2-c2ccccc21. The lowest BCUT2D eigenvalue weighted by molar-refractivity contribution is 0.0387. The molecule has 0 aromatic heterocycles. The average Bonchev–Trinajstić information content (AvgIpc) is 2.74. The molecule has 0 aliphatic heterocycles. The van der Waals surface area contributed by atoms with Crippen LogP contribution in [0.5, 0.6) is 0 Å². The van der Waals surface area contributed by atoms with Crippen molar-refractivity contribution in [2.75, 3.05) is 6.61 Å². The fourth-order valence-corrected chi connectivity index (χ4v) is 2.63. The summed E-state index contributed by atoms with van der Waals surface area (Å²) in [6.07, 6.45) is -1.18. The first-order chi connectivity index (χ1) is 9.27. The minimum atomic E-state index is -1.18. The van der Waals surface area contributed by atoms with E-state index in [1.807, 2.05) is 29.7 Å². The summed E-state index contributed by atoms with van der Waals surface area (Å²) in [7, 11) is 0. The van der Waals surface area contributed by atoms with Crippen molar-refractivity contribution in [3.05, 3.63) is 59.7 Å². The molecule has 2 N–H and O–H groups in total. The molecule has 0 unspecified atom stereocenters. The predicted octanol–water partition coefficient (Wildman–Crippen LogP) is 3.00. The zero-order valence-electron chi connectivity index (χ0n) is 10.2. The van der Waals surface area contributed by atoms with Crippen LogP contribution in [0.25, 0.3) is 11.1 Å². The van der Waals surface area contributed by atoms with E-state index in [1.54, 1.807) is 0 Å². The zero-order chi connectivity index (χ0) is 13.2. The molecule has 3 rings (SSSR count). The number of hydroxylamine groups is 1. The summed E-state index contributed by atoms with van der Waals surface area (Å²) in [6.45, 7) is 0.292. The second kappa shape index (κ2) is 4.74. The van der Waals surface area contributed by atoms with Crippen LogP contribution in [-0.4, -0.2) is 17.8 Å². The fourth-order valence-electron chi connectivity index (χ4n) is 2.63. The topological polar surface area (TPSA) is 58.6 Å². The average molecular weight is 255 g/mol. The maximum atomic E-state index is 10.4. The highest BCUT2D eigenvalue weighted by Gasteiger charge is 2.28. The highest BCUT2D eigenvalue weighted by molar-refractivity contribution is 5.78. The summed E-state index contributed by atoms with van der Waals surface area (Å²) in [6, 6.07) is 16.3. The van der Waals surface area contributed by atoms with Gasteiger partial charge in [0.1, 0.15) is 0 Å². The van der Waals surface area contributed by atoms with Crippen molar-refractivity contribution in [1.82, 2.24) is 5.48 Å². The second-order valence-electron chi connectivity index (χ2n) is 4.45. The molecule has 0 radical (unpaired) electrons. The van der Waals surface area contributed by atoms with Crippen LogP contribution in [0.1, 0.15) is 17.0 Å². The number of rotatable bonds is 3. The van der Waals surface area contributed by atoms with Gasteiger partial charge in [0.15, 0.2) is 0 Å². The summed E-state index contributed by atoms with van der Waals surface area (Å²) in [5.74, 6) is 0.0687. The minimum absolute atomic E-state index is 0.0687. The molecule has 0 saturated heterocycles. The fraction of sp³-hybridized carbons (Fsp3) is 0.133. The van der Waals surface area contributed by atoms with Crippen molar-refractivity contribution in [1.29, 1.82) is 0 Å². The zero-order valence-corrected chi connectivity index (χ0v) is 10.2. The largest absolute Gasteiger partial charge is 0.464 e. The third-order valence-electron chi connectivity index (χ3n) is 3.37. The van der Waals surface area contributed by atoms with Gasteiger partial charge in [0, 0.05) is 5.92 Å². The van der Waals surface area contributed by atoms with E-state index in [0.29, 0.717) is 6.61 Å². The van der Waals surface area contributed by atoms with E-state index < -0.39 is 6.09 Å². The molecule has 2 aromatic rings. The smallest absolute Gasteiger partial charge is 0.428 e. The quantitative estimate of drug-likeness (QED) is 0.829. The van der Waals surface area contributed by atoms with Crippen LogP contribution in [-0.2, 0) is 4.84 Å². The summed E-state index contributed by atoms with van der Waals surface area (Å²) < 4.78 is 0. The van der Waals surface area contributed by atoms with Crippen LogP contribution in [0.4, 0.5) is 4.79 Å². The summed E-state index contributed by atoms with van der Waals surface area (Å²) >= 11 is 0. The van der Waals surface area contributed by atoms with E-state index in [2.05, 4.69) is 24.3 Å². The Kier molecular flexibility index (Phi) is 2.93. The van der Waals surface area contributed by atoms with Crippen LogP contribution >= 0.6 is 0 Å². The molecule has 1 aliphatic carbocycles. The molecule has 1 amide bonds. The number of benzene rings is 2. The maximum absolute atomic E-state index is 10.4. The van der Waals surface area contributed by atoms with Crippen LogP contribution < -0.4 is 5.48 Å². The van der Waals surface area contributed by atoms with E-state index in [9.17, 15) is 4.79 Å². The van der Waals surface area contributed by atoms with Crippen LogP contribution in [0.3, 0.4) is 0 Å². The lowest BCUT2D eigenvalue weighted by Gasteiger charge is -2.13. The number of hydrogen-bond donors (Lipinski definition) is 2. The van der Waals surface area contributed by atoms with Gasteiger partial charge in [-0.05, 0) is 22.3 Å². The van der Waals surface area contributed by atoms with Crippen molar-refractivity contribution in [2.24, 2.45) is 0 Å². The third kappa shape index (κ3) is 2.06. The summed E-state index contributed by atoms with van der Waals surface area (Å²) in [5, 5.41) is 8.54. The Morgan fingerprint density at radius 2 is 1.58 bits per heavy atom. The van der Waals surface area contributed by atoms with E-state index in [1.165, 1.54) is 22.3 Å². The minimum Gasteiger partial charge on any atom is -0.464 e. The number of carboxylic acid groups (broad SMARTS) is 1. The predicted molar refractivity (Wildman–Crippen MR) is 70.8 cm³/mol. The first-order valence-electron chi connectivity index (χ1n) is 6.06. The van der Waals surface area contributed by atoms with Crippen LogP contribution in [0.15, 0.2) is 48.5 Å². The molecule has 0 bridgehead atoms. The number of hydrogen-bond acceptors (Lipinski definition) is 2. The Morgan fingerprint density at radius 3 is 2.11 bits per heavy atom. The lowest BCUT2D eigenvalue weighted by Crippen LogP contribution is -2.24. The lowest BCUT2D eigenvalue weighted by atomic mass is 9.98. The highest BCUT2D eigenvalue weighted by Crippen LogP contribution is 2.44. The van der Waals surface area contributed by atoms with Gasteiger partial charge in [0.2, 0.25) is 0 Å². The van der Waals surface area contributed by atoms with Gasteiger partial charge < -0.3 is 5.11 Å². The molecule has 0 spiro atoms. The molecule has 4 heteroatoms. The molecular weight excluding hydrogens is 242 g/mol. The van der Waals surface area contributed by atoms with E-state index in [0.717, 1.165) is 0 Å². The number of amides is 1. The Balaban J connectivity index is 1.93. The van der Waals surface area contributed by atoms with Crippen molar-refractivity contribution >= 4 is 6.09 Å². The molecule has 96 valence electrons. The van der Waals surface area contributed by atoms with Gasteiger partial charge in [0.25, 0.3) is 0 Å². The third-order valence-corrected chi connectivity index (χ3v) is 3.37. The molecule has 19 heavy (non-hydrogen) atoms. The molecule has 1 aliphatic rings. The monoisotopic (exact) mass is 255 g/mol. The number of carbonyl (C=O) groups is 1. The number of fused-ring (bicyclic) bond motifs is 3. The second-order valence-corrected chi connectivity index (χ2v) is 4.45. The van der Waals surface area contributed by atoms with Crippen LogP contribution in [0.2, 0.25) is 0 Å². The molecular formula is C15H13NO3. The molecule has 0 fully saturated rings.